The first-order chi connectivity index (χ1) is 9.40. The number of phenolic OH excluding ortho intramolecular Hbond substituents is 1. The van der Waals surface area contributed by atoms with Gasteiger partial charge in [-0.2, -0.15) is 0 Å². The van der Waals surface area contributed by atoms with E-state index in [1.807, 2.05) is 24.3 Å². The van der Waals surface area contributed by atoms with Gasteiger partial charge in [-0.3, -0.25) is 4.57 Å². The third-order valence-corrected chi connectivity index (χ3v) is 4.18. The molecule has 0 heterocycles. The van der Waals surface area contributed by atoms with Gasteiger partial charge in [0.15, 0.2) is 0 Å². The lowest BCUT2D eigenvalue weighted by molar-refractivity contribution is 0.384. The third kappa shape index (κ3) is 3.48. The van der Waals surface area contributed by atoms with Gasteiger partial charge in [0.2, 0.25) is 0 Å². The second kappa shape index (κ2) is 5.80. The molecule has 106 valence electrons. The van der Waals surface area contributed by atoms with Crippen molar-refractivity contribution in [3.05, 3.63) is 59.2 Å². The molecule has 0 radical (unpaired) electrons. The Hall–Kier alpha value is -1.61. The highest BCUT2D eigenvalue weighted by Crippen LogP contribution is 2.37. The van der Waals surface area contributed by atoms with Gasteiger partial charge in [-0.25, -0.2) is 0 Å². The van der Waals surface area contributed by atoms with E-state index in [1.54, 1.807) is 6.07 Å². The van der Waals surface area contributed by atoms with Gasteiger partial charge in [0.1, 0.15) is 11.1 Å². The average Bonchev–Trinajstić information content (AvgIpc) is 2.40. The molecule has 0 saturated carbocycles. The van der Waals surface area contributed by atoms with Crippen molar-refractivity contribution >= 4 is 12.9 Å². The van der Waals surface area contributed by atoms with Crippen LogP contribution in [0.4, 0.5) is 0 Å². The van der Waals surface area contributed by atoms with Gasteiger partial charge in [0, 0.05) is 0 Å². The predicted octanol–water partition coefficient (Wildman–Crippen LogP) is 2.35. The van der Waals surface area contributed by atoms with Crippen LogP contribution in [0.2, 0.25) is 0 Å². The lowest BCUT2D eigenvalue weighted by atomic mass is 10.0. The van der Waals surface area contributed by atoms with Gasteiger partial charge in [-0.05, 0) is 41.7 Å². The van der Waals surface area contributed by atoms with Gasteiger partial charge >= 0.3 is 7.60 Å². The van der Waals surface area contributed by atoms with E-state index in [0.717, 1.165) is 17.5 Å². The van der Waals surface area contributed by atoms with Crippen LogP contribution in [0.25, 0.3) is 0 Å². The second-order valence-corrected chi connectivity index (χ2v) is 6.28. The fraction of sp³-hybridized carbons (Fsp3) is 0.200. The van der Waals surface area contributed by atoms with Crippen LogP contribution in [0.1, 0.15) is 23.6 Å². The molecule has 0 aliphatic rings. The Morgan fingerprint density at radius 2 is 1.50 bits per heavy atom. The van der Waals surface area contributed by atoms with Gasteiger partial charge in [-0.15, -0.1) is 0 Å². The lowest BCUT2D eigenvalue weighted by Gasteiger charge is -2.09. The van der Waals surface area contributed by atoms with Crippen molar-refractivity contribution in [2.45, 2.75) is 19.8 Å². The molecule has 0 amide bonds. The Balaban J connectivity index is 2.27. The summed E-state index contributed by atoms with van der Waals surface area (Å²) in [5.74, 6) is -0.372. The molecule has 3 N–H and O–H groups in total. The van der Waals surface area contributed by atoms with Crippen LogP contribution in [0.5, 0.6) is 5.75 Å². The van der Waals surface area contributed by atoms with Gasteiger partial charge in [0.05, 0.1) is 0 Å². The first-order valence-electron chi connectivity index (χ1n) is 6.36. The fourth-order valence-electron chi connectivity index (χ4n) is 2.04. The maximum atomic E-state index is 11.3. The number of aryl methyl sites for hydroxylation is 1. The Bertz CT molecular complexity index is 643. The Morgan fingerprint density at radius 3 is 2.05 bits per heavy atom. The zero-order valence-electron chi connectivity index (χ0n) is 11.2. The summed E-state index contributed by atoms with van der Waals surface area (Å²) in [5.41, 5.74) is 3.06. The lowest BCUT2D eigenvalue weighted by Crippen LogP contribution is -2.06. The zero-order valence-corrected chi connectivity index (χ0v) is 12.0. The summed E-state index contributed by atoms with van der Waals surface area (Å²) in [7, 11) is -4.45. The minimum atomic E-state index is -4.45. The van der Waals surface area contributed by atoms with E-state index in [0.29, 0.717) is 6.42 Å². The Labute approximate surface area is 117 Å². The number of hydrogen-bond donors (Lipinski definition) is 3. The first kappa shape index (κ1) is 14.8. The number of phenols is 1. The van der Waals surface area contributed by atoms with Crippen molar-refractivity contribution in [1.82, 2.24) is 0 Å². The van der Waals surface area contributed by atoms with Gasteiger partial charge in [0.25, 0.3) is 0 Å². The first-order valence-corrected chi connectivity index (χ1v) is 7.97. The fourth-order valence-corrected chi connectivity index (χ4v) is 2.75. The van der Waals surface area contributed by atoms with Gasteiger partial charge < -0.3 is 14.9 Å². The summed E-state index contributed by atoms with van der Waals surface area (Å²) in [6, 6.07) is 12.4. The quantitative estimate of drug-likeness (QED) is 0.756. The number of benzene rings is 2. The molecule has 0 fully saturated rings. The minimum Gasteiger partial charge on any atom is -0.507 e. The van der Waals surface area contributed by atoms with Crippen LogP contribution >= 0.6 is 7.60 Å². The van der Waals surface area contributed by atoms with E-state index in [-0.39, 0.29) is 11.1 Å². The number of rotatable bonds is 4. The third-order valence-electron chi connectivity index (χ3n) is 3.19. The normalized spacial score (nSPS) is 11.6. The number of aromatic hydroxyl groups is 1. The molecule has 0 unspecified atom stereocenters. The predicted molar refractivity (Wildman–Crippen MR) is 78.4 cm³/mol. The summed E-state index contributed by atoms with van der Waals surface area (Å²) in [6.07, 6.45) is 1.54. The van der Waals surface area contributed by atoms with E-state index in [9.17, 15) is 19.5 Å². The van der Waals surface area contributed by atoms with Crippen LogP contribution < -0.4 is 5.30 Å². The number of hydrogen-bond acceptors (Lipinski definition) is 2. The van der Waals surface area contributed by atoms with Crippen molar-refractivity contribution in [2.24, 2.45) is 0 Å². The van der Waals surface area contributed by atoms with E-state index >= 15 is 0 Å². The average molecular weight is 292 g/mol. The summed E-state index contributed by atoms with van der Waals surface area (Å²) < 4.78 is 11.3. The molecule has 2 rings (SSSR count). The van der Waals surface area contributed by atoms with Crippen molar-refractivity contribution in [3.8, 4) is 5.75 Å². The maximum Gasteiger partial charge on any atom is 0.359 e. The highest BCUT2D eigenvalue weighted by Gasteiger charge is 2.21. The molecule has 0 aromatic heterocycles. The molecular weight excluding hydrogens is 275 g/mol. The second-order valence-electron chi connectivity index (χ2n) is 4.71. The molecular formula is C15H17O4P. The van der Waals surface area contributed by atoms with Crippen LogP contribution in [-0.4, -0.2) is 14.9 Å². The van der Waals surface area contributed by atoms with Crippen molar-refractivity contribution in [3.63, 3.8) is 0 Å². The van der Waals surface area contributed by atoms with Crippen LogP contribution in [-0.2, 0) is 17.4 Å². The van der Waals surface area contributed by atoms with Crippen molar-refractivity contribution < 1.29 is 19.5 Å². The summed E-state index contributed by atoms with van der Waals surface area (Å²) >= 11 is 0. The molecule has 2 aromatic carbocycles. The SMILES string of the molecule is CCc1ccc(Cc2ccc(O)c(P(=O)(O)O)c2)cc1. The summed E-state index contributed by atoms with van der Waals surface area (Å²) in [6.45, 7) is 2.08. The molecule has 0 spiro atoms. The zero-order chi connectivity index (χ0) is 14.8. The summed E-state index contributed by atoms with van der Waals surface area (Å²) in [4.78, 5) is 18.4. The molecule has 0 bridgehead atoms. The minimum absolute atomic E-state index is 0.319. The van der Waals surface area contributed by atoms with Crippen LogP contribution in [0.15, 0.2) is 42.5 Å². The molecule has 0 saturated heterocycles. The van der Waals surface area contributed by atoms with E-state index in [4.69, 9.17) is 0 Å². The van der Waals surface area contributed by atoms with E-state index in [2.05, 4.69) is 6.92 Å². The molecule has 0 aliphatic heterocycles. The highest BCUT2D eigenvalue weighted by atomic mass is 31.2. The maximum absolute atomic E-state index is 11.3. The molecule has 4 nitrogen and oxygen atoms in total. The monoisotopic (exact) mass is 292 g/mol. The van der Waals surface area contributed by atoms with E-state index in [1.165, 1.54) is 17.7 Å². The van der Waals surface area contributed by atoms with Crippen LogP contribution in [0.3, 0.4) is 0 Å². The van der Waals surface area contributed by atoms with E-state index < -0.39 is 7.60 Å². The molecule has 0 atom stereocenters. The Morgan fingerprint density at radius 1 is 0.950 bits per heavy atom. The Kier molecular flexibility index (Phi) is 4.29. The molecule has 20 heavy (non-hydrogen) atoms. The smallest absolute Gasteiger partial charge is 0.359 e. The summed E-state index contributed by atoms with van der Waals surface area (Å²) in [5, 5.41) is 9.19. The highest BCUT2D eigenvalue weighted by molar-refractivity contribution is 7.60. The van der Waals surface area contributed by atoms with Crippen molar-refractivity contribution in [1.29, 1.82) is 0 Å². The van der Waals surface area contributed by atoms with Gasteiger partial charge in [-0.1, -0.05) is 37.3 Å². The molecule has 0 aliphatic carbocycles. The topological polar surface area (TPSA) is 77.8 Å². The van der Waals surface area contributed by atoms with Crippen molar-refractivity contribution in [2.75, 3.05) is 0 Å². The molecule has 5 heteroatoms. The standard InChI is InChI=1S/C15H17O4P/c1-2-11-3-5-12(6-4-11)9-13-7-8-14(16)15(10-13)20(17,18)19/h3-8,10,16H,2,9H2,1H3,(H2,17,18,19). The molecule has 2 aromatic rings. The van der Waals surface area contributed by atoms with Crippen LogP contribution in [0, 0.1) is 0 Å². The largest absolute Gasteiger partial charge is 0.507 e.